The highest BCUT2D eigenvalue weighted by Gasteiger charge is 2.34. The quantitative estimate of drug-likeness (QED) is 0.850. The lowest BCUT2D eigenvalue weighted by molar-refractivity contribution is -0.123. The zero-order valence-corrected chi connectivity index (χ0v) is 10.5. The Bertz CT molecular complexity index is 392. The van der Waals surface area contributed by atoms with Gasteiger partial charge in [-0.3, -0.25) is 4.79 Å². The molecule has 0 fully saturated rings. The van der Waals surface area contributed by atoms with Gasteiger partial charge in [0.25, 0.3) is 0 Å². The van der Waals surface area contributed by atoms with Crippen molar-refractivity contribution in [3.05, 3.63) is 29.3 Å². The highest BCUT2D eigenvalue weighted by atomic mass is 35.5. The van der Waals surface area contributed by atoms with E-state index >= 15 is 0 Å². The molecular weight excluding hydrogens is 224 g/mol. The van der Waals surface area contributed by atoms with E-state index in [0.717, 1.165) is 5.69 Å². The molecule has 0 bridgehead atoms. The van der Waals surface area contributed by atoms with Gasteiger partial charge in [-0.05, 0) is 31.0 Å². The van der Waals surface area contributed by atoms with Crippen LogP contribution in [0.1, 0.15) is 20.8 Å². The molecule has 16 heavy (non-hydrogen) atoms. The fraction of sp³-hybridized carbons (Fsp3) is 0.417. The van der Waals surface area contributed by atoms with Crippen LogP contribution in [-0.2, 0) is 4.79 Å². The minimum Gasteiger partial charge on any atom is -0.371 e. The molecule has 0 aromatic heterocycles. The Morgan fingerprint density at radius 3 is 2.56 bits per heavy atom. The van der Waals surface area contributed by atoms with Crippen LogP contribution >= 0.6 is 11.6 Å². The zero-order valence-electron chi connectivity index (χ0n) is 9.75. The lowest BCUT2D eigenvalue weighted by atomic mass is 9.87. The number of amides is 1. The summed E-state index contributed by atoms with van der Waals surface area (Å²) in [6, 6.07) is 7.23. The maximum Gasteiger partial charge on any atom is 0.243 e. The van der Waals surface area contributed by atoms with Gasteiger partial charge in [0.15, 0.2) is 0 Å². The van der Waals surface area contributed by atoms with Crippen LogP contribution in [0.25, 0.3) is 0 Å². The first-order chi connectivity index (χ1) is 7.36. The Hall–Kier alpha value is -1.22. The van der Waals surface area contributed by atoms with Gasteiger partial charge in [-0.2, -0.15) is 0 Å². The van der Waals surface area contributed by atoms with Crippen LogP contribution in [0.2, 0.25) is 5.02 Å². The summed E-state index contributed by atoms with van der Waals surface area (Å²) in [5, 5.41) is 3.76. The first kappa shape index (κ1) is 12.8. The molecule has 88 valence electrons. The normalized spacial score (nSPS) is 14.6. The van der Waals surface area contributed by atoms with E-state index in [4.69, 9.17) is 17.3 Å². The third-order valence-electron chi connectivity index (χ3n) is 2.90. The first-order valence-electron chi connectivity index (χ1n) is 5.20. The van der Waals surface area contributed by atoms with E-state index < -0.39 is 5.54 Å². The van der Waals surface area contributed by atoms with Gasteiger partial charge in [0.05, 0.1) is 0 Å². The molecule has 1 rings (SSSR count). The minimum atomic E-state index is -0.773. The molecule has 1 aromatic carbocycles. The third-order valence-corrected chi connectivity index (χ3v) is 3.13. The molecule has 0 spiro atoms. The Labute approximate surface area is 101 Å². The van der Waals surface area contributed by atoms with E-state index in [9.17, 15) is 4.79 Å². The molecule has 1 atom stereocenters. The van der Waals surface area contributed by atoms with Gasteiger partial charge < -0.3 is 11.1 Å². The summed E-state index contributed by atoms with van der Waals surface area (Å²) in [7, 11) is 0. The fourth-order valence-electron chi connectivity index (χ4n) is 1.36. The summed E-state index contributed by atoms with van der Waals surface area (Å²) < 4.78 is 0. The molecule has 3 N–H and O–H groups in total. The molecule has 0 aliphatic heterocycles. The van der Waals surface area contributed by atoms with Crippen molar-refractivity contribution in [2.75, 3.05) is 5.32 Å². The molecule has 1 unspecified atom stereocenters. The average molecular weight is 241 g/mol. The maximum atomic E-state index is 11.5. The summed E-state index contributed by atoms with van der Waals surface area (Å²) in [4.78, 5) is 11.5. The van der Waals surface area contributed by atoms with E-state index in [1.165, 1.54) is 0 Å². The van der Waals surface area contributed by atoms with E-state index in [1.807, 2.05) is 26.0 Å². The number of carbonyl (C=O) groups is 1. The lowest BCUT2D eigenvalue weighted by Crippen LogP contribution is -2.51. The number of hydrogen-bond acceptors (Lipinski definition) is 2. The predicted octanol–water partition coefficient (Wildman–Crippen LogP) is 2.65. The summed E-state index contributed by atoms with van der Waals surface area (Å²) in [6.45, 7) is 5.69. The van der Waals surface area contributed by atoms with Crippen molar-refractivity contribution in [3.63, 3.8) is 0 Å². The molecule has 4 heteroatoms. The van der Waals surface area contributed by atoms with Crippen molar-refractivity contribution in [2.45, 2.75) is 26.3 Å². The summed E-state index contributed by atoms with van der Waals surface area (Å²) in [5.41, 5.74) is 5.44. The average Bonchev–Trinajstić information content (AvgIpc) is 2.16. The third kappa shape index (κ3) is 2.67. The lowest BCUT2D eigenvalue weighted by Gasteiger charge is -2.32. The largest absolute Gasteiger partial charge is 0.371 e. The van der Waals surface area contributed by atoms with Crippen LogP contribution in [0.3, 0.4) is 0 Å². The van der Waals surface area contributed by atoms with Crippen molar-refractivity contribution in [2.24, 2.45) is 11.7 Å². The molecule has 0 heterocycles. The molecule has 0 saturated carbocycles. The first-order valence-corrected chi connectivity index (χ1v) is 5.57. The second kappa shape index (κ2) is 4.74. The second-order valence-electron chi connectivity index (χ2n) is 4.36. The monoisotopic (exact) mass is 240 g/mol. The Morgan fingerprint density at radius 1 is 1.50 bits per heavy atom. The number of anilines is 1. The van der Waals surface area contributed by atoms with Gasteiger partial charge in [0.2, 0.25) is 5.91 Å². The van der Waals surface area contributed by atoms with Crippen molar-refractivity contribution in [1.29, 1.82) is 0 Å². The Balaban J connectivity index is 2.97. The number of rotatable bonds is 4. The number of hydrogen-bond donors (Lipinski definition) is 2. The van der Waals surface area contributed by atoms with Crippen LogP contribution in [0.5, 0.6) is 0 Å². The van der Waals surface area contributed by atoms with Crippen LogP contribution in [0, 0.1) is 5.92 Å². The van der Waals surface area contributed by atoms with Gasteiger partial charge in [-0.1, -0.05) is 31.5 Å². The van der Waals surface area contributed by atoms with Crippen molar-refractivity contribution in [3.8, 4) is 0 Å². The molecule has 1 aromatic rings. The van der Waals surface area contributed by atoms with E-state index in [0.29, 0.717) is 5.02 Å². The summed E-state index contributed by atoms with van der Waals surface area (Å²) in [5.74, 6) is -0.286. The molecule has 0 aliphatic carbocycles. The Morgan fingerprint density at radius 2 is 2.12 bits per heavy atom. The van der Waals surface area contributed by atoms with E-state index in [1.54, 1.807) is 19.1 Å². The van der Waals surface area contributed by atoms with Crippen molar-refractivity contribution in [1.82, 2.24) is 0 Å². The van der Waals surface area contributed by atoms with Crippen molar-refractivity contribution >= 4 is 23.2 Å². The summed E-state index contributed by atoms with van der Waals surface area (Å²) >= 11 is 5.88. The van der Waals surface area contributed by atoms with Gasteiger partial charge in [-0.15, -0.1) is 0 Å². The number of nitrogens with two attached hydrogens (primary N) is 1. The molecule has 3 nitrogen and oxygen atoms in total. The van der Waals surface area contributed by atoms with E-state index in [2.05, 4.69) is 5.32 Å². The number of halogens is 1. The fourth-order valence-corrected chi connectivity index (χ4v) is 1.55. The topological polar surface area (TPSA) is 55.1 Å². The number of carbonyl (C=O) groups excluding carboxylic acids is 1. The number of primary amides is 1. The van der Waals surface area contributed by atoms with Crippen LogP contribution in [0.15, 0.2) is 24.3 Å². The molecule has 0 radical (unpaired) electrons. The van der Waals surface area contributed by atoms with Gasteiger partial charge in [-0.25, -0.2) is 0 Å². The smallest absolute Gasteiger partial charge is 0.243 e. The molecule has 0 saturated heterocycles. The van der Waals surface area contributed by atoms with Gasteiger partial charge in [0.1, 0.15) is 5.54 Å². The molecular formula is C12H17ClN2O. The zero-order chi connectivity index (χ0) is 12.3. The van der Waals surface area contributed by atoms with Crippen LogP contribution in [0.4, 0.5) is 5.69 Å². The van der Waals surface area contributed by atoms with Crippen LogP contribution in [-0.4, -0.2) is 11.4 Å². The second-order valence-corrected chi connectivity index (χ2v) is 4.79. The molecule has 0 aliphatic rings. The predicted molar refractivity (Wildman–Crippen MR) is 67.5 cm³/mol. The van der Waals surface area contributed by atoms with Gasteiger partial charge in [0, 0.05) is 10.7 Å². The highest BCUT2D eigenvalue weighted by Crippen LogP contribution is 2.24. The van der Waals surface area contributed by atoms with E-state index in [-0.39, 0.29) is 11.8 Å². The summed E-state index contributed by atoms with van der Waals surface area (Å²) in [6.07, 6.45) is 0. The maximum absolute atomic E-state index is 11.5. The minimum absolute atomic E-state index is 0.0870. The number of benzene rings is 1. The highest BCUT2D eigenvalue weighted by molar-refractivity contribution is 6.30. The number of nitrogens with one attached hydrogen (secondary N) is 1. The van der Waals surface area contributed by atoms with Crippen LogP contribution < -0.4 is 11.1 Å². The van der Waals surface area contributed by atoms with Gasteiger partial charge >= 0.3 is 0 Å². The SMILES string of the molecule is CC(C)C(C)(Nc1cccc(Cl)c1)C(N)=O. The standard InChI is InChI=1S/C12H17ClN2O/c1-8(2)12(3,11(14)16)15-10-6-4-5-9(13)7-10/h4-8,15H,1-3H3,(H2,14,16). The van der Waals surface area contributed by atoms with Crippen molar-refractivity contribution < 1.29 is 4.79 Å². The Kier molecular flexibility index (Phi) is 3.81. The molecule has 1 amide bonds.